The molecule has 4 rings (SSSR count). The van der Waals surface area contributed by atoms with Gasteiger partial charge in [-0.15, -0.1) is 0 Å². The second kappa shape index (κ2) is 7.27. The fraction of sp³-hybridized carbons (Fsp3) is 0.368. The fourth-order valence-corrected chi connectivity index (χ4v) is 3.72. The molecule has 1 aliphatic rings. The maximum Gasteiger partial charge on any atom is 0.405 e. The second-order valence-corrected chi connectivity index (χ2v) is 7.11. The van der Waals surface area contributed by atoms with Gasteiger partial charge in [-0.3, -0.25) is 10.00 Å². The number of nitrogens with zero attached hydrogens (tertiary/aromatic N) is 3. The summed E-state index contributed by atoms with van der Waals surface area (Å²) in [5.74, 6) is -0.901. The van der Waals surface area contributed by atoms with Crippen LogP contribution in [0.1, 0.15) is 11.3 Å². The van der Waals surface area contributed by atoms with Crippen molar-refractivity contribution in [2.24, 2.45) is 0 Å². The fourth-order valence-electron chi connectivity index (χ4n) is 3.72. The summed E-state index contributed by atoms with van der Waals surface area (Å²) in [6.07, 6.45) is -4.36. The Morgan fingerprint density at radius 2 is 2.07 bits per heavy atom. The Kier molecular flexibility index (Phi) is 4.91. The molecule has 1 aromatic carbocycles. The lowest BCUT2D eigenvalue weighted by Crippen LogP contribution is -2.57. The lowest BCUT2D eigenvalue weighted by Gasteiger charge is -2.37. The quantitative estimate of drug-likeness (QED) is 0.580. The summed E-state index contributed by atoms with van der Waals surface area (Å²) >= 11 is 0. The number of nitrogens with one attached hydrogen (secondary N) is 2. The minimum Gasteiger partial charge on any atom is -0.508 e. The van der Waals surface area contributed by atoms with E-state index in [-0.39, 0.29) is 36.6 Å². The maximum atomic E-state index is 14.4. The zero-order valence-corrected chi connectivity index (χ0v) is 15.5. The molecule has 10 heteroatoms. The number of aryl methyl sites for hydroxylation is 1. The largest absolute Gasteiger partial charge is 0.508 e. The van der Waals surface area contributed by atoms with E-state index in [1.54, 1.807) is 13.0 Å². The van der Waals surface area contributed by atoms with Crippen LogP contribution in [0.3, 0.4) is 0 Å². The first kappa shape index (κ1) is 19.6. The van der Waals surface area contributed by atoms with Crippen molar-refractivity contribution in [3.63, 3.8) is 0 Å². The molecule has 1 atom stereocenters. The highest BCUT2D eigenvalue weighted by atomic mass is 19.4. The van der Waals surface area contributed by atoms with Gasteiger partial charge in [0.2, 0.25) is 0 Å². The van der Waals surface area contributed by atoms with Crippen LogP contribution in [0.4, 0.5) is 17.6 Å². The van der Waals surface area contributed by atoms with E-state index >= 15 is 0 Å². The third kappa shape index (κ3) is 3.77. The lowest BCUT2D eigenvalue weighted by molar-refractivity contribution is -0.188. The SMILES string of the molecule is Cc1[nH]nc2nc(-c3ccc(O)cc3F)cc(CN3CCNC[C@H]3C(F)(F)F)c12. The van der Waals surface area contributed by atoms with Crippen LogP contribution < -0.4 is 5.32 Å². The van der Waals surface area contributed by atoms with Crippen molar-refractivity contribution in [2.75, 3.05) is 19.6 Å². The average molecular weight is 409 g/mol. The summed E-state index contributed by atoms with van der Waals surface area (Å²) in [6, 6.07) is 3.66. The van der Waals surface area contributed by atoms with E-state index in [0.717, 1.165) is 6.07 Å². The number of fused-ring (bicyclic) bond motifs is 1. The molecule has 2 aromatic heterocycles. The number of phenolic OH excluding ortho intramolecular Hbond substituents is 1. The van der Waals surface area contributed by atoms with E-state index in [1.807, 2.05) is 0 Å². The number of aromatic amines is 1. The predicted octanol–water partition coefficient (Wildman–Crippen LogP) is 3.11. The van der Waals surface area contributed by atoms with Crippen LogP contribution in [0.25, 0.3) is 22.3 Å². The zero-order valence-electron chi connectivity index (χ0n) is 15.5. The molecule has 1 aliphatic heterocycles. The smallest absolute Gasteiger partial charge is 0.405 e. The summed E-state index contributed by atoms with van der Waals surface area (Å²) in [5, 5.41) is 19.8. The number of piperazine rings is 1. The van der Waals surface area contributed by atoms with Crippen LogP contribution in [0.5, 0.6) is 5.75 Å². The number of alkyl halides is 3. The maximum absolute atomic E-state index is 14.4. The lowest BCUT2D eigenvalue weighted by atomic mass is 10.0. The molecule has 0 aliphatic carbocycles. The number of halogens is 4. The van der Waals surface area contributed by atoms with Gasteiger partial charge in [0.1, 0.15) is 17.6 Å². The van der Waals surface area contributed by atoms with Crippen molar-refractivity contribution in [3.05, 3.63) is 41.3 Å². The number of aromatic hydroxyl groups is 1. The normalized spacial score (nSPS) is 18.4. The van der Waals surface area contributed by atoms with E-state index in [9.17, 15) is 22.7 Å². The Bertz CT molecular complexity index is 1050. The van der Waals surface area contributed by atoms with Crippen molar-refractivity contribution in [2.45, 2.75) is 25.7 Å². The highest BCUT2D eigenvalue weighted by Crippen LogP contribution is 2.32. The van der Waals surface area contributed by atoms with E-state index in [1.165, 1.54) is 17.0 Å². The summed E-state index contributed by atoms with van der Waals surface area (Å²) in [5.41, 5.74) is 1.95. The first-order valence-electron chi connectivity index (χ1n) is 9.09. The molecular formula is C19H19F4N5O. The number of hydrogen-bond donors (Lipinski definition) is 3. The van der Waals surface area contributed by atoms with Crippen molar-refractivity contribution in [3.8, 4) is 17.0 Å². The summed E-state index contributed by atoms with van der Waals surface area (Å²) in [6.45, 7) is 2.29. The average Bonchev–Trinajstić information content (AvgIpc) is 3.02. The molecule has 154 valence electrons. The number of aromatic nitrogens is 3. The highest BCUT2D eigenvalue weighted by molar-refractivity contribution is 5.84. The van der Waals surface area contributed by atoms with Crippen molar-refractivity contribution >= 4 is 11.0 Å². The number of rotatable bonds is 3. The van der Waals surface area contributed by atoms with Gasteiger partial charge in [-0.05, 0) is 30.7 Å². The second-order valence-electron chi connectivity index (χ2n) is 7.11. The summed E-state index contributed by atoms with van der Waals surface area (Å²) < 4.78 is 54.8. The zero-order chi connectivity index (χ0) is 20.8. The first-order chi connectivity index (χ1) is 13.7. The molecule has 3 aromatic rings. The molecular weight excluding hydrogens is 390 g/mol. The Balaban J connectivity index is 1.79. The Morgan fingerprint density at radius 1 is 1.28 bits per heavy atom. The summed E-state index contributed by atoms with van der Waals surface area (Å²) in [7, 11) is 0. The number of pyridine rings is 1. The molecule has 1 saturated heterocycles. The van der Waals surface area contributed by atoms with Crippen LogP contribution >= 0.6 is 0 Å². The van der Waals surface area contributed by atoms with E-state index in [4.69, 9.17) is 0 Å². The molecule has 0 unspecified atom stereocenters. The van der Waals surface area contributed by atoms with Gasteiger partial charge in [-0.2, -0.15) is 18.3 Å². The minimum absolute atomic E-state index is 0.0257. The van der Waals surface area contributed by atoms with Crippen LogP contribution in [-0.4, -0.2) is 57.0 Å². The molecule has 0 bridgehead atoms. The number of H-pyrrole nitrogens is 1. The van der Waals surface area contributed by atoms with Crippen LogP contribution in [0.15, 0.2) is 24.3 Å². The monoisotopic (exact) mass is 409 g/mol. The van der Waals surface area contributed by atoms with Gasteiger partial charge in [0.05, 0.1) is 5.69 Å². The van der Waals surface area contributed by atoms with E-state index < -0.39 is 18.0 Å². The van der Waals surface area contributed by atoms with Crippen LogP contribution in [0.2, 0.25) is 0 Å². The van der Waals surface area contributed by atoms with Gasteiger partial charge in [-0.1, -0.05) is 0 Å². The standard InChI is InChI=1S/C19H19F4N5O/c1-10-17-11(9-28-5-4-24-8-16(28)19(21,22)23)6-15(25-18(17)27-26-10)13-3-2-12(29)7-14(13)20/h2-3,6-7,16,24,29H,4-5,8-9H2,1H3,(H,25,26,27)/t16-/m0/s1. The van der Waals surface area contributed by atoms with Gasteiger partial charge in [0.25, 0.3) is 0 Å². The third-order valence-corrected chi connectivity index (χ3v) is 5.12. The van der Waals surface area contributed by atoms with Gasteiger partial charge < -0.3 is 10.4 Å². The minimum atomic E-state index is -4.36. The van der Waals surface area contributed by atoms with E-state index in [2.05, 4.69) is 20.5 Å². The van der Waals surface area contributed by atoms with Crippen molar-refractivity contribution < 1.29 is 22.7 Å². The van der Waals surface area contributed by atoms with Gasteiger partial charge in [-0.25, -0.2) is 9.37 Å². The number of phenols is 1. The van der Waals surface area contributed by atoms with Crippen molar-refractivity contribution in [1.82, 2.24) is 25.4 Å². The molecule has 6 nitrogen and oxygen atoms in total. The van der Waals surface area contributed by atoms with Crippen molar-refractivity contribution in [1.29, 1.82) is 0 Å². The molecule has 3 heterocycles. The number of hydrogen-bond acceptors (Lipinski definition) is 5. The molecule has 1 fully saturated rings. The predicted molar refractivity (Wildman–Crippen MR) is 98.8 cm³/mol. The van der Waals surface area contributed by atoms with Gasteiger partial charge in [0.15, 0.2) is 5.65 Å². The van der Waals surface area contributed by atoms with Crippen LogP contribution in [-0.2, 0) is 6.54 Å². The third-order valence-electron chi connectivity index (χ3n) is 5.12. The van der Waals surface area contributed by atoms with Gasteiger partial charge in [0, 0.05) is 48.9 Å². The van der Waals surface area contributed by atoms with Crippen LogP contribution in [0, 0.1) is 12.7 Å². The van der Waals surface area contributed by atoms with Gasteiger partial charge >= 0.3 is 6.18 Å². The molecule has 29 heavy (non-hydrogen) atoms. The Labute approximate surface area is 163 Å². The number of benzene rings is 1. The highest BCUT2D eigenvalue weighted by Gasteiger charge is 2.44. The molecule has 0 amide bonds. The Hall–Kier alpha value is -2.72. The molecule has 0 spiro atoms. The Morgan fingerprint density at radius 3 is 2.79 bits per heavy atom. The molecule has 0 radical (unpaired) electrons. The van der Waals surface area contributed by atoms with E-state index in [0.29, 0.717) is 28.8 Å². The molecule has 0 saturated carbocycles. The summed E-state index contributed by atoms with van der Waals surface area (Å²) in [4.78, 5) is 5.73. The molecule has 3 N–H and O–H groups in total. The topological polar surface area (TPSA) is 77.1 Å². The first-order valence-corrected chi connectivity index (χ1v) is 9.09.